The zero-order valence-electron chi connectivity index (χ0n) is 10.9. The third kappa shape index (κ3) is 2.37. The second-order valence-electron chi connectivity index (χ2n) is 4.83. The van der Waals surface area contributed by atoms with E-state index in [9.17, 15) is 9.18 Å². The van der Waals surface area contributed by atoms with Crippen molar-refractivity contribution in [3.05, 3.63) is 65.5 Å². The van der Waals surface area contributed by atoms with Gasteiger partial charge in [0.1, 0.15) is 5.82 Å². The molecule has 3 rings (SSSR count). The van der Waals surface area contributed by atoms with E-state index in [2.05, 4.69) is 10.6 Å². The fourth-order valence-electron chi connectivity index (χ4n) is 2.47. The number of benzene rings is 2. The molecule has 0 aromatic heterocycles. The fraction of sp³-hybridized carbons (Fsp3) is 0.188. The molecule has 4 heteroatoms. The van der Waals surface area contributed by atoms with Gasteiger partial charge in [-0.15, -0.1) is 0 Å². The summed E-state index contributed by atoms with van der Waals surface area (Å²) in [6.07, 6.45) is 0. The predicted octanol–water partition coefficient (Wildman–Crippen LogP) is 2.65. The van der Waals surface area contributed by atoms with Crippen LogP contribution in [-0.2, 0) is 11.3 Å². The van der Waals surface area contributed by atoms with Gasteiger partial charge in [-0.1, -0.05) is 36.4 Å². The number of anilines is 1. The average Bonchev–Trinajstić information content (AvgIpc) is 2.90. The Hall–Kier alpha value is -2.36. The minimum atomic E-state index is -0.294. The van der Waals surface area contributed by atoms with E-state index in [0.717, 1.165) is 11.3 Å². The topological polar surface area (TPSA) is 41.1 Å². The Bertz CT molecular complexity index is 642. The van der Waals surface area contributed by atoms with Crippen molar-refractivity contribution in [3.63, 3.8) is 0 Å². The van der Waals surface area contributed by atoms with Gasteiger partial charge in [-0.3, -0.25) is 4.79 Å². The molecule has 0 aliphatic carbocycles. The second kappa shape index (κ2) is 5.33. The van der Waals surface area contributed by atoms with Crippen LogP contribution in [0.4, 0.5) is 10.1 Å². The smallest absolute Gasteiger partial charge is 0.229 e. The highest BCUT2D eigenvalue weighted by Crippen LogP contribution is 2.30. The quantitative estimate of drug-likeness (QED) is 0.900. The molecule has 1 heterocycles. The van der Waals surface area contributed by atoms with E-state index in [4.69, 9.17) is 0 Å². The normalized spacial score (nSPS) is 16.4. The van der Waals surface area contributed by atoms with Gasteiger partial charge < -0.3 is 10.6 Å². The summed E-state index contributed by atoms with van der Waals surface area (Å²) < 4.78 is 13.5. The highest BCUT2D eigenvalue weighted by molar-refractivity contribution is 5.88. The van der Waals surface area contributed by atoms with Crippen molar-refractivity contribution in [3.8, 4) is 0 Å². The van der Waals surface area contributed by atoms with E-state index in [0.29, 0.717) is 12.1 Å². The summed E-state index contributed by atoms with van der Waals surface area (Å²) in [5, 5.41) is 6.01. The lowest BCUT2D eigenvalue weighted by atomic mass is 10.0. The SMILES string of the molecule is O=C(NCc1ccccc1F)C1CNc2ccccc21. The van der Waals surface area contributed by atoms with Gasteiger partial charge in [-0.2, -0.15) is 0 Å². The van der Waals surface area contributed by atoms with Crippen LogP contribution in [0.2, 0.25) is 0 Å². The van der Waals surface area contributed by atoms with Gasteiger partial charge in [0, 0.05) is 24.3 Å². The molecule has 1 unspecified atom stereocenters. The van der Waals surface area contributed by atoms with E-state index in [-0.39, 0.29) is 24.2 Å². The maximum absolute atomic E-state index is 13.5. The van der Waals surface area contributed by atoms with Gasteiger partial charge in [-0.05, 0) is 17.7 Å². The van der Waals surface area contributed by atoms with Gasteiger partial charge >= 0.3 is 0 Å². The summed E-state index contributed by atoms with van der Waals surface area (Å²) in [7, 11) is 0. The Morgan fingerprint density at radius 3 is 2.80 bits per heavy atom. The van der Waals surface area contributed by atoms with Crippen LogP contribution in [-0.4, -0.2) is 12.5 Å². The van der Waals surface area contributed by atoms with E-state index in [1.165, 1.54) is 6.07 Å². The summed E-state index contributed by atoms with van der Waals surface area (Å²) in [6.45, 7) is 0.798. The van der Waals surface area contributed by atoms with Crippen LogP contribution in [0.25, 0.3) is 0 Å². The molecule has 3 nitrogen and oxygen atoms in total. The number of halogens is 1. The van der Waals surface area contributed by atoms with E-state index < -0.39 is 0 Å². The van der Waals surface area contributed by atoms with Crippen molar-refractivity contribution in [1.29, 1.82) is 0 Å². The Balaban J connectivity index is 1.68. The molecular formula is C16H15FN2O. The molecule has 2 N–H and O–H groups in total. The molecule has 0 spiro atoms. The molecule has 2 aromatic carbocycles. The van der Waals surface area contributed by atoms with Crippen molar-refractivity contribution >= 4 is 11.6 Å². The van der Waals surface area contributed by atoms with Crippen LogP contribution in [0.5, 0.6) is 0 Å². The molecule has 0 saturated carbocycles. The summed E-state index contributed by atoms with van der Waals surface area (Å²) in [4.78, 5) is 12.2. The van der Waals surface area contributed by atoms with Crippen molar-refractivity contribution in [2.24, 2.45) is 0 Å². The molecule has 0 fully saturated rings. The molecule has 0 saturated heterocycles. The van der Waals surface area contributed by atoms with E-state index >= 15 is 0 Å². The molecule has 2 aromatic rings. The molecule has 1 atom stereocenters. The Labute approximate surface area is 116 Å². The lowest BCUT2D eigenvalue weighted by molar-refractivity contribution is -0.122. The first-order chi connectivity index (χ1) is 9.75. The number of hydrogen-bond acceptors (Lipinski definition) is 2. The van der Waals surface area contributed by atoms with Crippen molar-refractivity contribution in [2.45, 2.75) is 12.5 Å². The number of carbonyl (C=O) groups is 1. The molecule has 20 heavy (non-hydrogen) atoms. The van der Waals surface area contributed by atoms with Gasteiger partial charge in [0.2, 0.25) is 5.91 Å². The summed E-state index contributed by atoms with van der Waals surface area (Å²) in [5.74, 6) is -0.582. The van der Waals surface area contributed by atoms with Crippen molar-refractivity contribution < 1.29 is 9.18 Å². The van der Waals surface area contributed by atoms with Crippen LogP contribution in [0.1, 0.15) is 17.0 Å². The number of fused-ring (bicyclic) bond motifs is 1. The fourth-order valence-corrected chi connectivity index (χ4v) is 2.47. The number of carbonyl (C=O) groups excluding carboxylic acids is 1. The first-order valence-corrected chi connectivity index (χ1v) is 6.59. The standard InChI is InChI=1S/C16H15FN2O/c17-14-7-3-1-5-11(14)9-19-16(20)13-10-18-15-8-4-2-6-12(13)15/h1-8,13,18H,9-10H2,(H,19,20). The monoisotopic (exact) mass is 270 g/mol. The summed E-state index contributed by atoms with van der Waals surface area (Å²) >= 11 is 0. The van der Waals surface area contributed by atoms with Crippen molar-refractivity contribution in [2.75, 3.05) is 11.9 Å². The first kappa shape index (κ1) is 12.7. The highest BCUT2D eigenvalue weighted by Gasteiger charge is 2.27. The summed E-state index contributed by atoms with van der Waals surface area (Å²) in [6, 6.07) is 14.2. The molecule has 0 radical (unpaired) electrons. The van der Waals surface area contributed by atoms with Crippen LogP contribution in [0.15, 0.2) is 48.5 Å². The van der Waals surface area contributed by atoms with Gasteiger partial charge in [0.15, 0.2) is 0 Å². The van der Waals surface area contributed by atoms with Crippen LogP contribution in [0.3, 0.4) is 0 Å². The lowest BCUT2D eigenvalue weighted by Crippen LogP contribution is -2.30. The third-order valence-corrected chi connectivity index (χ3v) is 3.56. The molecular weight excluding hydrogens is 255 g/mol. The zero-order chi connectivity index (χ0) is 13.9. The Morgan fingerprint density at radius 1 is 1.20 bits per heavy atom. The minimum Gasteiger partial charge on any atom is -0.384 e. The van der Waals surface area contributed by atoms with Gasteiger partial charge in [-0.25, -0.2) is 4.39 Å². The van der Waals surface area contributed by atoms with E-state index in [1.807, 2.05) is 24.3 Å². The first-order valence-electron chi connectivity index (χ1n) is 6.59. The maximum Gasteiger partial charge on any atom is 0.229 e. The van der Waals surface area contributed by atoms with Crippen molar-refractivity contribution in [1.82, 2.24) is 5.32 Å². The van der Waals surface area contributed by atoms with Crippen LogP contribution >= 0.6 is 0 Å². The molecule has 1 amide bonds. The lowest BCUT2D eigenvalue weighted by Gasteiger charge is -2.11. The number of nitrogens with one attached hydrogen (secondary N) is 2. The number of para-hydroxylation sites is 1. The van der Waals surface area contributed by atoms with Crippen LogP contribution < -0.4 is 10.6 Å². The predicted molar refractivity (Wildman–Crippen MR) is 75.9 cm³/mol. The number of hydrogen-bond donors (Lipinski definition) is 2. The zero-order valence-corrected chi connectivity index (χ0v) is 10.9. The molecule has 0 bridgehead atoms. The maximum atomic E-state index is 13.5. The second-order valence-corrected chi connectivity index (χ2v) is 4.83. The highest BCUT2D eigenvalue weighted by atomic mass is 19.1. The van der Waals surface area contributed by atoms with Gasteiger partial charge in [0.05, 0.1) is 5.92 Å². The Morgan fingerprint density at radius 2 is 1.95 bits per heavy atom. The molecule has 1 aliphatic heterocycles. The number of amides is 1. The minimum absolute atomic E-state index is 0.0781. The largest absolute Gasteiger partial charge is 0.384 e. The molecule has 102 valence electrons. The molecule has 1 aliphatic rings. The average molecular weight is 270 g/mol. The Kier molecular flexibility index (Phi) is 3.37. The third-order valence-electron chi connectivity index (χ3n) is 3.56. The number of rotatable bonds is 3. The van der Waals surface area contributed by atoms with Gasteiger partial charge in [0.25, 0.3) is 0 Å². The van der Waals surface area contributed by atoms with Crippen LogP contribution in [0, 0.1) is 5.82 Å². The summed E-state index contributed by atoms with van der Waals surface area (Å²) in [5.41, 5.74) is 2.50. The van der Waals surface area contributed by atoms with E-state index in [1.54, 1.807) is 18.2 Å².